The molecule has 1 aliphatic rings. The molecule has 0 spiro atoms. The third-order valence-electron chi connectivity index (χ3n) is 3.61. The van der Waals surface area contributed by atoms with Gasteiger partial charge in [-0.05, 0) is 12.8 Å². The fourth-order valence-electron chi connectivity index (χ4n) is 2.43. The van der Waals surface area contributed by atoms with E-state index in [4.69, 9.17) is 0 Å². The number of rotatable bonds is 3. The van der Waals surface area contributed by atoms with Gasteiger partial charge in [0, 0.05) is 42.5 Å². The predicted octanol–water partition coefficient (Wildman–Crippen LogP) is 1.37. The second-order valence-corrected chi connectivity index (χ2v) is 4.89. The Morgan fingerprint density at radius 2 is 2.53 bits per heavy atom. The van der Waals surface area contributed by atoms with Crippen LogP contribution in [0.15, 0.2) is 18.6 Å². The number of nitrogens with one attached hydrogen (secondary N) is 2. The highest BCUT2D eigenvalue weighted by Gasteiger charge is 2.25. The Labute approximate surface area is 111 Å². The molecule has 0 aliphatic carbocycles. The number of aromatic nitrogens is 4. The zero-order chi connectivity index (χ0) is 13.2. The number of anilines is 1. The Morgan fingerprint density at radius 3 is 3.32 bits per heavy atom. The van der Waals surface area contributed by atoms with Gasteiger partial charge in [0.1, 0.15) is 0 Å². The minimum atomic E-state index is 0.00553. The maximum absolute atomic E-state index is 12.2. The highest BCUT2D eigenvalue weighted by atomic mass is 16.2. The van der Waals surface area contributed by atoms with Gasteiger partial charge in [-0.1, -0.05) is 6.92 Å². The molecule has 1 atom stereocenters. The summed E-state index contributed by atoms with van der Waals surface area (Å²) in [6, 6.07) is 1.88. The second kappa shape index (κ2) is 4.87. The summed E-state index contributed by atoms with van der Waals surface area (Å²) in [6.45, 7) is 2.90. The molecule has 0 aromatic carbocycles. The third-order valence-corrected chi connectivity index (χ3v) is 3.61. The first-order valence-corrected chi connectivity index (χ1v) is 6.60. The maximum atomic E-state index is 12.2. The van der Waals surface area contributed by atoms with Crippen molar-refractivity contribution >= 4 is 11.7 Å². The molecule has 0 unspecified atom stereocenters. The van der Waals surface area contributed by atoms with Crippen LogP contribution in [0.1, 0.15) is 24.7 Å². The lowest BCUT2D eigenvalue weighted by molar-refractivity contribution is -0.120. The van der Waals surface area contributed by atoms with E-state index >= 15 is 0 Å². The number of imidazole rings is 1. The lowest BCUT2D eigenvalue weighted by Gasteiger charge is -2.22. The first-order valence-electron chi connectivity index (χ1n) is 6.60. The van der Waals surface area contributed by atoms with E-state index in [1.807, 2.05) is 25.5 Å². The molecule has 1 aliphatic heterocycles. The van der Waals surface area contributed by atoms with Crippen molar-refractivity contribution in [2.75, 3.05) is 5.32 Å². The van der Waals surface area contributed by atoms with Crippen LogP contribution in [0, 0.1) is 5.92 Å². The quantitative estimate of drug-likeness (QED) is 0.874. The topological polar surface area (TPSA) is 75.6 Å². The molecule has 0 bridgehead atoms. The minimum Gasteiger partial charge on any atom is -0.335 e. The van der Waals surface area contributed by atoms with E-state index < -0.39 is 0 Å². The molecular formula is C13H17N5O. The van der Waals surface area contributed by atoms with E-state index in [0.29, 0.717) is 5.82 Å². The summed E-state index contributed by atoms with van der Waals surface area (Å²) >= 11 is 0. The summed E-state index contributed by atoms with van der Waals surface area (Å²) in [7, 11) is 0. The molecule has 6 heteroatoms. The number of hydrogen-bond donors (Lipinski definition) is 2. The normalized spacial score (nSPS) is 18.1. The number of carbonyl (C=O) groups excluding carboxylic acids is 1. The van der Waals surface area contributed by atoms with Gasteiger partial charge in [-0.3, -0.25) is 9.89 Å². The monoisotopic (exact) mass is 259 g/mol. The second-order valence-electron chi connectivity index (χ2n) is 4.89. The standard InChI is InChI=1S/C13H17N5O/c1-2-10-6-12(17-16-10)15-13(19)9-3-4-18-8-14-7-11(18)5-9/h6-9H,2-5H2,1H3,(H2,15,16,17,19)/t9-/m1/s1. The zero-order valence-corrected chi connectivity index (χ0v) is 10.9. The molecule has 1 amide bonds. The Balaban J connectivity index is 1.65. The molecule has 0 saturated carbocycles. The van der Waals surface area contributed by atoms with Crippen molar-refractivity contribution < 1.29 is 4.79 Å². The van der Waals surface area contributed by atoms with Gasteiger partial charge in [0.05, 0.1) is 6.33 Å². The van der Waals surface area contributed by atoms with Crippen LogP contribution in [-0.4, -0.2) is 25.7 Å². The van der Waals surface area contributed by atoms with Gasteiger partial charge >= 0.3 is 0 Å². The largest absolute Gasteiger partial charge is 0.335 e. The van der Waals surface area contributed by atoms with Crippen LogP contribution < -0.4 is 5.32 Å². The average molecular weight is 259 g/mol. The van der Waals surface area contributed by atoms with Gasteiger partial charge in [0.15, 0.2) is 5.82 Å². The van der Waals surface area contributed by atoms with Crippen molar-refractivity contribution in [1.29, 1.82) is 0 Å². The fraction of sp³-hybridized carbons (Fsp3) is 0.462. The van der Waals surface area contributed by atoms with Crippen LogP contribution in [0.5, 0.6) is 0 Å². The third kappa shape index (κ3) is 2.38. The van der Waals surface area contributed by atoms with E-state index in [-0.39, 0.29) is 11.8 Å². The number of aromatic amines is 1. The van der Waals surface area contributed by atoms with Crippen LogP contribution in [0.2, 0.25) is 0 Å². The number of hydrogen-bond acceptors (Lipinski definition) is 3. The summed E-state index contributed by atoms with van der Waals surface area (Å²) in [6.07, 6.45) is 6.14. The molecule has 0 radical (unpaired) electrons. The summed E-state index contributed by atoms with van der Waals surface area (Å²) in [4.78, 5) is 16.3. The van der Waals surface area contributed by atoms with Crippen molar-refractivity contribution in [2.45, 2.75) is 32.7 Å². The van der Waals surface area contributed by atoms with Crippen molar-refractivity contribution in [3.8, 4) is 0 Å². The van der Waals surface area contributed by atoms with Crippen LogP contribution in [0.3, 0.4) is 0 Å². The number of nitrogens with zero attached hydrogens (tertiary/aromatic N) is 3. The van der Waals surface area contributed by atoms with Crippen LogP contribution in [0.4, 0.5) is 5.82 Å². The van der Waals surface area contributed by atoms with Crippen molar-refractivity contribution in [3.63, 3.8) is 0 Å². The molecule has 100 valence electrons. The van der Waals surface area contributed by atoms with Gasteiger partial charge in [-0.2, -0.15) is 5.10 Å². The van der Waals surface area contributed by atoms with Crippen LogP contribution >= 0.6 is 0 Å². The molecule has 0 saturated heterocycles. The van der Waals surface area contributed by atoms with E-state index in [2.05, 4.69) is 25.1 Å². The highest BCUT2D eigenvalue weighted by molar-refractivity contribution is 5.91. The van der Waals surface area contributed by atoms with Crippen LogP contribution in [0.25, 0.3) is 0 Å². The minimum absolute atomic E-state index is 0.00553. The van der Waals surface area contributed by atoms with Gasteiger partial charge < -0.3 is 9.88 Å². The average Bonchev–Trinajstić information content (AvgIpc) is 3.05. The van der Waals surface area contributed by atoms with Crippen molar-refractivity contribution in [2.24, 2.45) is 5.92 Å². The molecule has 2 N–H and O–H groups in total. The molecule has 0 fully saturated rings. The summed E-state index contributed by atoms with van der Waals surface area (Å²) < 4.78 is 2.10. The van der Waals surface area contributed by atoms with E-state index in [1.54, 1.807) is 0 Å². The van der Waals surface area contributed by atoms with Crippen LogP contribution in [-0.2, 0) is 24.2 Å². The number of H-pyrrole nitrogens is 1. The fourth-order valence-corrected chi connectivity index (χ4v) is 2.43. The van der Waals surface area contributed by atoms with E-state index in [1.165, 1.54) is 0 Å². The van der Waals surface area contributed by atoms with Gasteiger partial charge in [-0.15, -0.1) is 0 Å². The highest BCUT2D eigenvalue weighted by Crippen LogP contribution is 2.21. The molecular weight excluding hydrogens is 242 g/mol. The molecule has 19 heavy (non-hydrogen) atoms. The van der Waals surface area contributed by atoms with Gasteiger partial charge in [0.25, 0.3) is 0 Å². The lowest BCUT2D eigenvalue weighted by Crippen LogP contribution is -2.30. The van der Waals surface area contributed by atoms with E-state index in [9.17, 15) is 4.79 Å². The number of amides is 1. The smallest absolute Gasteiger partial charge is 0.229 e. The molecule has 3 heterocycles. The SMILES string of the molecule is CCc1cc(NC(=O)[C@@H]2CCn3cncc3C2)n[nH]1. The molecule has 3 rings (SSSR count). The van der Waals surface area contributed by atoms with Gasteiger partial charge in [0.2, 0.25) is 5.91 Å². The molecule has 2 aromatic heterocycles. The summed E-state index contributed by atoms with van der Waals surface area (Å²) in [5, 5.41) is 9.86. The maximum Gasteiger partial charge on any atom is 0.229 e. The number of aryl methyl sites for hydroxylation is 2. The summed E-state index contributed by atoms with van der Waals surface area (Å²) in [5.41, 5.74) is 2.15. The van der Waals surface area contributed by atoms with Gasteiger partial charge in [-0.25, -0.2) is 4.98 Å². The lowest BCUT2D eigenvalue weighted by atomic mass is 9.95. The van der Waals surface area contributed by atoms with Crippen molar-refractivity contribution in [3.05, 3.63) is 30.0 Å². The number of fused-ring (bicyclic) bond motifs is 1. The van der Waals surface area contributed by atoms with E-state index in [0.717, 1.165) is 37.2 Å². The Kier molecular flexibility index (Phi) is 3.06. The summed E-state index contributed by atoms with van der Waals surface area (Å²) in [5.74, 6) is 0.661. The molecule has 2 aromatic rings. The Hall–Kier alpha value is -2.11. The predicted molar refractivity (Wildman–Crippen MR) is 70.6 cm³/mol. The Bertz CT molecular complexity index is 585. The van der Waals surface area contributed by atoms with Crippen molar-refractivity contribution in [1.82, 2.24) is 19.7 Å². The first kappa shape index (κ1) is 12.0. The Morgan fingerprint density at radius 1 is 1.63 bits per heavy atom. The molecule has 6 nitrogen and oxygen atoms in total. The number of carbonyl (C=O) groups is 1. The zero-order valence-electron chi connectivity index (χ0n) is 10.9. The first-order chi connectivity index (χ1) is 9.26.